The molecule has 1 aliphatic rings. The van der Waals surface area contributed by atoms with Gasteiger partial charge in [0.05, 0.1) is 12.4 Å². The average Bonchev–Trinajstić information content (AvgIpc) is 3.15. The third-order valence-electron chi connectivity index (χ3n) is 3.60. The largest absolute Gasteiger partial charge is 0.494 e. The number of hydrogen-bond donors (Lipinski definition) is 0. The van der Waals surface area contributed by atoms with E-state index >= 15 is 0 Å². The van der Waals surface area contributed by atoms with Gasteiger partial charge in [0, 0.05) is 11.4 Å². The van der Waals surface area contributed by atoms with Gasteiger partial charge in [0.25, 0.3) is 0 Å². The van der Waals surface area contributed by atoms with Crippen molar-refractivity contribution in [3.63, 3.8) is 0 Å². The summed E-state index contributed by atoms with van der Waals surface area (Å²) in [5.74, 6) is 1.67. The van der Waals surface area contributed by atoms with E-state index < -0.39 is 0 Å². The van der Waals surface area contributed by atoms with Crippen molar-refractivity contribution in [2.24, 2.45) is 0 Å². The van der Waals surface area contributed by atoms with E-state index in [-0.39, 0.29) is 11.3 Å². The highest BCUT2D eigenvalue weighted by Crippen LogP contribution is 2.39. The molecule has 0 N–H and O–H groups in total. The van der Waals surface area contributed by atoms with E-state index in [1.807, 2.05) is 24.0 Å². The van der Waals surface area contributed by atoms with Crippen molar-refractivity contribution in [2.75, 3.05) is 18.9 Å². The lowest BCUT2D eigenvalue weighted by molar-refractivity contribution is -0.128. The fourth-order valence-corrected chi connectivity index (χ4v) is 4.49. The number of hydrogen-bond acceptors (Lipinski definition) is 4. The van der Waals surface area contributed by atoms with Crippen LogP contribution in [-0.4, -0.2) is 29.7 Å². The summed E-state index contributed by atoms with van der Waals surface area (Å²) in [7, 11) is 0. The molecule has 0 saturated carbocycles. The average molecular weight is 333 g/mol. The van der Waals surface area contributed by atoms with Gasteiger partial charge in [-0.2, -0.15) is 0 Å². The Bertz CT molecular complexity index is 627. The van der Waals surface area contributed by atoms with E-state index in [1.54, 1.807) is 23.1 Å². The number of ether oxygens (including phenoxy) is 1. The molecule has 0 spiro atoms. The monoisotopic (exact) mass is 333 g/mol. The molecule has 1 unspecified atom stereocenters. The van der Waals surface area contributed by atoms with Crippen LogP contribution in [-0.2, 0) is 11.2 Å². The van der Waals surface area contributed by atoms with Gasteiger partial charge in [0.2, 0.25) is 5.91 Å². The van der Waals surface area contributed by atoms with Crippen molar-refractivity contribution >= 4 is 29.0 Å². The second-order valence-corrected chi connectivity index (χ2v) is 7.19. The van der Waals surface area contributed by atoms with Gasteiger partial charge in [-0.05, 0) is 42.5 Å². The smallest absolute Gasteiger partial charge is 0.233 e. The lowest BCUT2D eigenvalue weighted by Crippen LogP contribution is -2.30. The number of amides is 1. The van der Waals surface area contributed by atoms with Crippen LogP contribution in [0.25, 0.3) is 0 Å². The Labute approximate surface area is 139 Å². The fraction of sp³-hybridized carbons (Fsp3) is 0.353. The zero-order valence-corrected chi connectivity index (χ0v) is 14.2. The topological polar surface area (TPSA) is 29.5 Å². The third-order valence-corrected chi connectivity index (χ3v) is 5.79. The van der Waals surface area contributed by atoms with Gasteiger partial charge in [-0.3, -0.25) is 4.79 Å². The van der Waals surface area contributed by atoms with Crippen molar-refractivity contribution in [3.8, 4) is 5.75 Å². The minimum Gasteiger partial charge on any atom is -0.494 e. The number of nitrogens with zero attached hydrogens (tertiary/aromatic N) is 1. The van der Waals surface area contributed by atoms with Crippen molar-refractivity contribution < 1.29 is 9.53 Å². The molecule has 3 rings (SSSR count). The molecular formula is C17H19NO2S2. The molecule has 1 aromatic heterocycles. The Hall–Kier alpha value is -1.46. The van der Waals surface area contributed by atoms with Crippen LogP contribution in [0.1, 0.15) is 22.7 Å². The summed E-state index contributed by atoms with van der Waals surface area (Å²) in [6.07, 6.45) is 0.922. The Morgan fingerprint density at radius 2 is 2.23 bits per heavy atom. The molecule has 1 amide bonds. The number of carbonyl (C=O) groups excluding carboxylic acids is 1. The second-order valence-electron chi connectivity index (χ2n) is 5.09. The second kappa shape index (κ2) is 7.20. The molecule has 1 aliphatic heterocycles. The van der Waals surface area contributed by atoms with Gasteiger partial charge in [-0.15, -0.1) is 23.1 Å². The summed E-state index contributed by atoms with van der Waals surface area (Å²) >= 11 is 3.45. The lowest BCUT2D eigenvalue weighted by atomic mass is 10.2. The first-order valence-electron chi connectivity index (χ1n) is 7.44. The van der Waals surface area contributed by atoms with E-state index in [1.165, 1.54) is 4.88 Å². The number of thioether (sulfide) groups is 1. The molecule has 0 radical (unpaired) electrons. The minimum absolute atomic E-state index is 0.105. The quantitative estimate of drug-likeness (QED) is 0.801. The maximum atomic E-state index is 12.2. The molecule has 1 atom stereocenters. The van der Waals surface area contributed by atoms with Crippen LogP contribution in [0.15, 0.2) is 41.8 Å². The van der Waals surface area contributed by atoms with Gasteiger partial charge >= 0.3 is 0 Å². The summed E-state index contributed by atoms with van der Waals surface area (Å²) in [6.45, 7) is 3.41. The Balaban J connectivity index is 1.73. The maximum absolute atomic E-state index is 12.2. The zero-order valence-electron chi connectivity index (χ0n) is 12.5. The van der Waals surface area contributed by atoms with E-state index in [0.717, 1.165) is 24.3 Å². The number of benzene rings is 1. The first kappa shape index (κ1) is 15.4. The van der Waals surface area contributed by atoms with Gasteiger partial charge in [-0.25, -0.2) is 0 Å². The molecule has 1 fully saturated rings. The van der Waals surface area contributed by atoms with Crippen LogP contribution < -0.4 is 4.74 Å². The standard InChI is InChI=1S/C17H19NO2S2/c1-2-20-14-6-3-5-13(11-14)17-18(16(19)12-22-17)9-8-15-7-4-10-21-15/h3-7,10-11,17H,2,8-9,12H2,1H3. The highest BCUT2D eigenvalue weighted by Gasteiger charge is 2.32. The van der Waals surface area contributed by atoms with Crippen molar-refractivity contribution in [1.29, 1.82) is 0 Å². The molecule has 1 aromatic carbocycles. The van der Waals surface area contributed by atoms with Crippen LogP contribution in [0.2, 0.25) is 0 Å². The number of thiophene rings is 1. The number of rotatable bonds is 6. The Kier molecular flexibility index (Phi) is 5.05. The highest BCUT2D eigenvalue weighted by atomic mass is 32.2. The molecule has 2 aromatic rings. The summed E-state index contributed by atoms with van der Waals surface area (Å²) in [5, 5.41) is 2.19. The van der Waals surface area contributed by atoms with E-state index in [2.05, 4.69) is 29.6 Å². The molecule has 5 heteroatoms. The lowest BCUT2D eigenvalue weighted by Gasteiger charge is -2.24. The van der Waals surface area contributed by atoms with Gasteiger partial charge < -0.3 is 9.64 Å². The molecule has 0 bridgehead atoms. The molecule has 22 heavy (non-hydrogen) atoms. The predicted molar refractivity (Wildman–Crippen MR) is 92.5 cm³/mol. The molecule has 116 valence electrons. The minimum atomic E-state index is 0.105. The molecular weight excluding hydrogens is 314 g/mol. The fourth-order valence-electron chi connectivity index (χ4n) is 2.58. The first-order chi connectivity index (χ1) is 10.8. The summed E-state index contributed by atoms with van der Waals surface area (Å²) in [5.41, 5.74) is 1.15. The van der Waals surface area contributed by atoms with Gasteiger partial charge in [0.1, 0.15) is 11.1 Å². The normalized spacial score (nSPS) is 18.0. The van der Waals surface area contributed by atoms with Gasteiger partial charge in [-0.1, -0.05) is 18.2 Å². The van der Waals surface area contributed by atoms with E-state index in [0.29, 0.717) is 12.4 Å². The zero-order chi connectivity index (χ0) is 15.4. The molecule has 1 saturated heterocycles. The molecule has 3 nitrogen and oxygen atoms in total. The summed E-state index contributed by atoms with van der Waals surface area (Å²) in [4.78, 5) is 15.5. The van der Waals surface area contributed by atoms with Crippen LogP contribution >= 0.6 is 23.1 Å². The van der Waals surface area contributed by atoms with Crippen LogP contribution in [0, 0.1) is 0 Å². The first-order valence-corrected chi connectivity index (χ1v) is 9.37. The molecule has 2 heterocycles. The third kappa shape index (κ3) is 3.47. The molecule has 0 aliphatic carbocycles. The van der Waals surface area contributed by atoms with Crippen molar-refractivity contribution in [3.05, 3.63) is 52.2 Å². The Morgan fingerprint density at radius 1 is 1.32 bits per heavy atom. The van der Waals surface area contributed by atoms with Crippen LogP contribution in [0.5, 0.6) is 5.75 Å². The van der Waals surface area contributed by atoms with Gasteiger partial charge in [0.15, 0.2) is 0 Å². The summed E-state index contributed by atoms with van der Waals surface area (Å²) in [6, 6.07) is 12.3. The van der Waals surface area contributed by atoms with E-state index in [4.69, 9.17) is 4.74 Å². The van der Waals surface area contributed by atoms with Crippen LogP contribution in [0.4, 0.5) is 0 Å². The van der Waals surface area contributed by atoms with E-state index in [9.17, 15) is 4.79 Å². The predicted octanol–water partition coefficient (Wildman–Crippen LogP) is 3.96. The SMILES string of the molecule is CCOc1cccc(C2SCC(=O)N2CCc2cccs2)c1. The van der Waals surface area contributed by atoms with Crippen LogP contribution in [0.3, 0.4) is 0 Å². The number of carbonyl (C=O) groups is 1. The Morgan fingerprint density at radius 3 is 3.00 bits per heavy atom. The highest BCUT2D eigenvalue weighted by molar-refractivity contribution is 8.00. The van der Waals surface area contributed by atoms with Crippen molar-refractivity contribution in [1.82, 2.24) is 4.90 Å². The summed E-state index contributed by atoms with van der Waals surface area (Å²) < 4.78 is 5.58. The maximum Gasteiger partial charge on any atom is 0.233 e. The van der Waals surface area contributed by atoms with Crippen molar-refractivity contribution in [2.45, 2.75) is 18.7 Å².